The van der Waals surface area contributed by atoms with Crippen LogP contribution in [0.5, 0.6) is 0 Å². The van der Waals surface area contributed by atoms with Gasteiger partial charge in [0.05, 0.1) is 41.6 Å². The Morgan fingerprint density at radius 1 is 0.970 bits per heavy atom. The molecule has 4 rings (SSSR count). The minimum absolute atomic E-state index is 0.254. The number of thiazole rings is 1. The van der Waals surface area contributed by atoms with Crippen molar-refractivity contribution in [2.24, 2.45) is 4.99 Å². The van der Waals surface area contributed by atoms with Crippen LogP contribution in [0.1, 0.15) is 40.0 Å². The summed E-state index contributed by atoms with van der Waals surface area (Å²) in [5, 5.41) is 0. The number of carbonyl (C=O) groups excluding carboxylic acids is 2. The number of aryl methyl sites for hydroxylation is 1. The molecule has 0 radical (unpaired) electrons. The Hall–Kier alpha value is -3.78. The van der Waals surface area contributed by atoms with E-state index in [1.807, 2.05) is 37.3 Å². The van der Waals surface area contributed by atoms with Crippen molar-refractivity contribution < 1.29 is 19.1 Å². The van der Waals surface area contributed by atoms with E-state index in [2.05, 4.69) is 4.99 Å². The second-order valence-corrected chi connectivity index (χ2v) is 8.61. The van der Waals surface area contributed by atoms with E-state index in [4.69, 9.17) is 9.47 Å². The van der Waals surface area contributed by atoms with E-state index < -0.39 is 18.0 Å². The fourth-order valence-corrected chi connectivity index (χ4v) is 4.79. The summed E-state index contributed by atoms with van der Waals surface area (Å²) in [5.74, 6) is -1.03. The minimum Gasteiger partial charge on any atom is -0.466 e. The van der Waals surface area contributed by atoms with Gasteiger partial charge in [0.2, 0.25) is 0 Å². The van der Waals surface area contributed by atoms with Crippen molar-refractivity contribution >= 4 is 29.4 Å². The van der Waals surface area contributed by atoms with Crippen molar-refractivity contribution in [2.45, 2.75) is 19.9 Å². The third kappa shape index (κ3) is 4.17. The highest BCUT2D eigenvalue weighted by atomic mass is 32.1. The molecular formula is C25H22N2O5S. The summed E-state index contributed by atoms with van der Waals surface area (Å²) < 4.78 is 11.8. The lowest BCUT2D eigenvalue weighted by molar-refractivity contribution is -0.136. The lowest BCUT2D eigenvalue weighted by atomic mass is 9.95. The highest BCUT2D eigenvalue weighted by Crippen LogP contribution is 2.30. The minimum atomic E-state index is -0.736. The highest BCUT2D eigenvalue weighted by molar-refractivity contribution is 7.07. The number of allylic oxidation sites excluding steroid dienone is 1. The predicted molar refractivity (Wildman–Crippen MR) is 125 cm³/mol. The standard InChI is InChI=1S/C25H22N2O5S/c1-14-5-7-16(8-6-14)13-19-22(28)27-21(17-9-11-18(12-10-17)23(29)31-3)20(24(30)32-4)15(2)26-25(27)33-19/h5-13,21H,1-4H3/b19-13+/t21-/m1/s1. The van der Waals surface area contributed by atoms with Gasteiger partial charge < -0.3 is 9.47 Å². The number of esters is 2. The number of rotatable bonds is 4. The SMILES string of the molecule is COC(=O)C1=C(C)N=c2s/c(=C/c3ccc(C)cc3)c(=O)n2[C@@H]1c1ccc(C(=O)OC)cc1. The molecule has 2 aromatic carbocycles. The Morgan fingerprint density at radius 3 is 2.21 bits per heavy atom. The van der Waals surface area contributed by atoms with E-state index in [0.717, 1.165) is 11.1 Å². The predicted octanol–water partition coefficient (Wildman–Crippen LogP) is 2.50. The molecule has 8 heteroatoms. The third-order valence-electron chi connectivity index (χ3n) is 5.45. The van der Waals surface area contributed by atoms with Gasteiger partial charge in [0.25, 0.3) is 5.56 Å². The van der Waals surface area contributed by atoms with Crippen LogP contribution < -0.4 is 14.9 Å². The van der Waals surface area contributed by atoms with Crippen molar-refractivity contribution in [3.05, 3.63) is 102 Å². The molecule has 0 unspecified atom stereocenters. The molecule has 1 aliphatic rings. The van der Waals surface area contributed by atoms with Gasteiger partial charge in [-0.1, -0.05) is 53.3 Å². The topological polar surface area (TPSA) is 87.0 Å². The molecule has 0 bridgehead atoms. The van der Waals surface area contributed by atoms with Crippen molar-refractivity contribution in [3.8, 4) is 0 Å². The van der Waals surface area contributed by atoms with E-state index in [1.165, 1.54) is 30.1 Å². The summed E-state index contributed by atoms with van der Waals surface area (Å²) in [6, 6.07) is 13.7. The second kappa shape index (κ2) is 8.99. The van der Waals surface area contributed by atoms with Crippen LogP contribution in [0.15, 0.2) is 69.6 Å². The van der Waals surface area contributed by atoms with Gasteiger partial charge in [-0.15, -0.1) is 0 Å². The molecule has 7 nitrogen and oxygen atoms in total. The number of nitrogens with zero attached hydrogens (tertiary/aromatic N) is 2. The first kappa shape index (κ1) is 22.4. The Bertz CT molecular complexity index is 1440. The first-order valence-corrected chi connectivity index (χ1v) is 11.0. The number of ether oxygens (including phenoxy) is 2. The molecule has 0 N–H and O–H groups in total. The fraction of sp³-hybridized carbons (Fsp3) is 0.200. The Morgan fingerprint density at radius 2 is 1.61 bits per heavy atom. The van der Waals surface area contributed by atoms with Crippen LogP contribution in [0.2, 0.25) is 0 Å². The van der Waals surface area contributed by atoms with Gasteiger partial charge in [0, 0.05) is 0 Å². The maximum atomic E-state index is 13.5. The molecule has 0 aliphatic carbocycles. The number of hydrogen-bond donors (Lipinski definition) is 0. The summed E-state index contributed by atoms with van der Waals surface area (Å²) in [4.78, 5) is 43.1. The zero-order valence-corrected chi connectivity index (χ0v) is 19.4. The molecule has 0 spiro atoms. The van der Waals surface area contributed by atoms with Crippen LogP contribution in [-0.4, -0.2) is 30.7 Å². The zero-order valence-electron chi connectivity index (χ0n) is 18.6. The molecule has 0 fully saturated rings. The molecule has 2 heterocycles. The molecular weight excluding hydrogens is 440 g/mol. The fourth-order valence-electron chi connectivity index (χ4n) is 3.74. The number of aromatic nitrogens is 1. The molecule has 0 amide bonds. The molecule has 168 valence electrons. The van der Waals surface area contributed by atoms with Crippen molar-refractivity contribution in [1.29, 1.82) is 0 Å². The van der Waals surface area contributed by atoms with E-state index >= 15 is 0 Å². The maximum Gasteiger partial charge on any atom is 0.338 e. The Kier molecular flexibility index (Phi) is 6.11. The van der Waals surface area contributed by atoms with Gasteiger partial charge in [0.15, 0.2) is 4.80 Å². The summed E-state index contributed by atoms with van der Waals surface area (Å²) in [5.41, 5.74) is 3.55. The Balaban J connectivity index is 1.92. The highest BCUT2D eigenvalue weighted by Gasteiger charge is 2.33. The number of benzene rings is 2. The smallest absolute Gasteiger partial charge is 0.338 e. The molecule has 0 saturated heterocycles. The summed E-state index contributed by atoms with van der Waals surface area (Å²) in [6.45, 7) is 3.72. The summed E-state index contributed by atoms with van der Waals surface area (Å²) in [7, 11) is 2.60. The Labute approximate surface area is 193 Å². The number of hydrogen-bond acceptors (Lipinski definition) is 7. The average molecular weight is 463 g/mol. The maximum absolute atomic E-state index is 13.5. The number of carbonyl (C=O) groups is 2. The van der Waals surface area contributed by atoms with Gasteiger partial charge >= 0.3 is 11.9 Å². The van der Waals surface area contributed by atoms with Gasteiger partial charge in [-0.25, -0.2) is 14.6 Å². The van der Waals surface area contributed by atoms with Crippen LogP contribution in [0, 0.1) is 6.92 Å². The van der Waals surface area contributed by atoms with Crippen LogP contribution in [0.25, 0.3) is 6.08 Å². The van der Waals surface area contributed by atoms with E-state index in [1.54, 1.807) is 31.2 Å². The summed E-state index contributed by atoms with van der Waals surface area (Å²) >= 11 is 1.26. The lowest BCUT2D eigenvalue weighted by Gasteiger charge is -2.24. The van der Waals surface area contributed by atoms with Gasteiger partial charge in [-0.05, 0) is 43.2 Å². The number of methoxy groups -OCH3 is 2. The third-order valence-corrected chi connectivity index (χ3v) is 6.43. The first-order valence-electron chi connectivity index (χ1n) is 10.2. The molecule has 1 aliphatic heterocycles. The zero-order chi connectivity index (χ0) is 23.7. The van der Waals surface area contributed by atoms with Crippen LogP contribution in [0.4, 0.5) is 0 Å². The average Bonchev–Trinajstić information content (AvgIpc) is 3.13. The molecule has 33 heavy (non-hydrogen) atoms. The van der Waals surface area contributed by atoms with Crippen LogP contribution in [-0.2, 0) is 14.3 Å². The normalized spacial score (nSPS) is 15.6. The van der Waals surface area contributed by atoms with Crippen LogP contribution in [0.3, 0.4) is 0 Å². The van der Waals surface area contributed by atoms with Gasteiger partial charge in [0.1, 0.15) is 0 Å². The summed E-state index contributed by atoms with van der Waals surface area (Å²) in [6.07, 6.45) is 1.82. The van der Waals surface area contributed by atoms with E-state index in [9.17, 15) is 14.4 Å². The van der Waals surface area contributed by atoms with Crippen molar-refractivity contribution in [1.82, 2.24) is 4.57 Å². The monoisotopic (exact) mass is 462 g/mol. The van der Waals surface area contributed by atoms with E-state index in [0.29, 0.717) is 26.2 Å². The molecule has 1 aromatic heterocycles. The second-order valence-electron chi connectivity index (χ2n) is 7.60. The molecule has 3 aromatic rings. The molecule has 0 saturated carbocycles. The quantitative estimate of drug-likeness (QED) is 0.556. The lowest BCUT2D eigenvalue weighted by Crippen LogP contribution is -2.39. The van der Waals surface area contributed by atoms with Gasteiger partial charge in [-0.3, -0.25) is 9.36 Å². The van der Waals surface area contributed by atoms with Crippen LogP contribution >= 0.6 is 11.3 Å². The first-order chi connectivity index (χ1) is 15.8. The molecule has 1 atom stereocenters. The van der Waals surface area contributed by atoms with Crippen molar-refractivity contribution in [2.75, 3.05) is 14.2 Å². The van der Waals surface area contributed by atoms with E-state index in [-0.39, 0.29) is 11.1 Å². The number of fused-ring (bicyclic) bond motifs is 1. The largest absolute Gasteiger partial charge is 0.466 e. The van der Waals surface area contributed by atoms with Crippen molar-refractivity contribution in [3.63, 3.8) is 0 Å². The van der Waals surface area contributed by atoms with Gasteiger partial charge in [-0.2, -0.15) is 0 Å².